The third-order valence-electron chi connectivity index (χ3n) is 3.41. The lowest BCUT2D eigenvalue weighted by Crippen LogP contribution is -2.32. The molecule has 0 saturated carbocycles. The Kier molecular flexibility index (Phi) is 5.45. The molecule has 2 rings (SSSR count). The fraction of sp³-hybridized carbons (Fsp3) is 0.278. The van der Waals surface area contributed by atoms with Crippen LogP contribution in [-0.2, 0) is 4.79 Å². The van der Waals surface area contributed by atoms with E-state index in [4.69, 9.17) is 16.3 Å². The van der Waals surface area contributed by atoms with E-state index < -0.39 is 6.10 Å². The number of aryl methyl sites for hydroxylation is 2. The van der Waals surface area contributed by atoms with Gasteiger partial charge in [0, 0.05) is 10.7 Å². The SMILES string of the molecule is CC[C@H](Oc1ccc(C)cc1)C(=O)Nc1ccc(Cl)cc1C. The lowest BCUT2D eigenvalue weighted by molar-refractivity contribution is -0.122. The van der Waals surface area contributed by atoms with E-state index in [0.29, 0.717) is 17.2 Å². The van der Waals surface area contributed by atoms with Gasteiger partial charge in [0.1, 0.15) is 5.75 Å². The van der Waals surface area contributed by atoms with Gasteiger partial charge in [0.05, 0.1) is 0 Å². The number of hydrogen-bond acceptors (Lipinski definition) is 2. The molecule has 0 aromatic heterocycles. The maximum absolute atomic E-state index is 12.4. The van der Waals surface area contributed by atoms with E-state index >= 15 is 0 Å². The number of benzene rings is 2. The van der Waals surface area contributed by atoms with E-state index in [0.717, 1.165) is 16.8 Å². The zero-order valence-corrected chi connectivity index (χ0v) is 13.8. The molecular formula is C18H20ClNO2. The molecule has 22 heavy (non-hydrogen) atoms. The predicted molar refractivity (Wildman–Crippen MR) is 90.7 cm³/mol. The third-order valence-corrected chi connectivity index (χ3v) is 3.64. The van der Waals surface area contributed by atoms with Crippen molar-refractivity contribution in [2.45, 2.75) is 33.3 Å². The number of amides is 1. The van der Waals surface area contributed by atoms with Gasteiger partial charge in [-0.05, 0) is 56.2 Å². The normalized spacial score (nSPS) is 11.8. The fourth-order valence-electron chi connectivity index (χ4n) is 2.08. The van der Waals surface area contributed by atoms with Gasteiger partial charge in [-0.2, -0.15) is 0 Å². The highest BCUT2D eigenvalue weighted by Crippen LogP contribution is 2.21. The van der Waals surface area contributed by atoms with Crippen molar-refractivity contribution in [3.05, 3.63) is 58.6 Å². The Morgan fingerprint density at radius 1 is 1.18 bits per heavy atom. The molecule has 2 aromatic carbocycles. The van der Waals surface area contributed by atoms with E-state index in [1.54, 1.807) is 12.1 Å². The summed E-state index contributed by atoms with van der Waals surface area (Å²) in [6.07, 6.45) is 0.0598. The van der Waals surface area contributed by atoms with Crippen LogP contribution in [0.5, 0.6) is 5.75 Å². The Hall–Kier alpha value is -2.00. The van der Waals surface area contributed by atoms with Gasteiger partial charge in [0.2, 0.25) is 0 Å². The highest BCUT2D eigenvalue weighted by Gasteiger charge is 2.19. The van der Waals surface area contributed by atoms with Crippen LogP contribution in [0.1, 0.15) is 24.5 Å². The maximum atomic E-state index is 12.4. The van der Waals surface area contributed by atoms with Gasteiger partial charge in [-0.3, -0.25) is 4.79 Å². The molecule has 0 unspecified atom stereocenters. The number of carbonyl (C=O) groups excluding carboxylic acids is 1. The van der Waals surface area contributed by atoms with Crippen molar-refractivity contribution in [1.29, 1.82) is 0 Å². The minimum Gasteiger partial charge on any atom is -0.481 e. The predicted octanol–water partition coefficient (Wildman–Crippen LogP) is 4.75. The first-order chi connectivity index (χ1) is 10.5. The first-order valence-electron chi connectivity index (χ1n) is 7.30. The quantitative estimate of drug-likeness (QED) is 0.864. The molecular weight excluding hydrogens is 298 g/mol. The standard InChI is InChI=1S/C18H20ClNO2/c1-4-17(22-15-8-5-12(2)6-9-15)18(21)20-16-10-7-14(19)11-13(16)3/h5-11,17H,4H2,1-3H3,(H,20,21)/t17-/m0/s1. The molecule has 2 aromatic rings. The topological polar surface area (TPSA) is 38.3 Å². The van der Waals surface area contributed by atoms with Gasteiger partial charge in [-0.1, -0.05) is 36.2 Å². The molecule has 0 aliphatic heterocycles. The second-order valence-corrected chi connectivity index (χ2v) is 5.71. The Morgan fingerprint density at radius 3 is 2.45 bits per heavy atom. The van der Waals surface area contributed by atoms with Crippen molar-refractivity contribution >= 4 is 23.2 Å². The summed E-state index contributed by atoms with van der Waals surface area (Å²) in [5.41, 5.74) is 2.83. The summed E-state index contributed by atoms with van der Waals surface area (Å²) in [5.74, 6) is 0.536. The highest BCUT2D eigenvalue weighted by molar-refractivity contribution is 6.30. The second-order valence-electron chi connectivity index (χ2n) is 5.28. The molecule has 1 atom stereocenters. The minimum absolute atomic E-state index is 0.159. The van der Waals surface area contributed by atoms with Crippen LogP contribution in [0.4, 0.5) is 5.69 Å². The molecule has 1 amide bonds. The van der Waals surface area contributed by atoms with E-state index in [-0.39, 0.29) is 5.91 Å². The Morgan fingerprint density at radius 2 is 1.86 bits per heavy atom. The molecule has 0 fully saturated rings. The monoisotopic (exact) mass is 317 g/mol. The summed E-state index contributed by atoms with van der Waals surface area (Å²) in [7, 11) is 0. The number of ether oxygens (including phenoxy) is 1. The second kappa shape index (κ2) is 7.32. The van der Waals surface area contributed by atoms with E-state index in [1.165, 1.54) is 0 Å². The number of carbonyl (C=O) groups is 1. The van der Waals surface area contributed by atoms with Gasteiger partial charge >= 0.3 is 0 Å². The van der Waals surface area contributed by atoms with E-state index in [2.05, 4.69) is 5.32 Å². The molecule has 3 nitrogen and oxygen atoms in total. The maximum Gasteiger partial charge on any atom is 0.265 e. The molecule has 116 valence electrons. The van der Waals surface area contributed by atoms with Crippen molar-refractivity contribution < 1.29 is 9.53 Å². The first kappa shape index (κ1) is 16.4. The molecule has 0 aliphatic rings. The van der Waals surface area contributed by atoms with Crippen molar-refractivity contribution in [2.24, 2.45) is 0 Å². The number of halogens is 1. The van der Waals surface area contributed by atoms with Crippen molar-refractivity contribution in [2.75, 3.05) is 5.32 Å². The Balaban J connectivity index is 2.06. The van der Waals surface area contributed by atoms with Crippen LogP contribution in [-0.4, -0.2) is 12.0 Å². The van der Waals surface area contributed by atoms with Crippen LogP contribution in [0, 0.1) is 13.8 Å². The summed E-state index contributed by atoms with van der Waals surface area (Å²) < 4.78 is 5.78. The molecule has 1 N–H and O–H groups in total. The van der Waals surface area contributed by atoms with Crippen molar-refractivity contribution in [3.63, 3.8) is 0 Å². The van der Waals surface area contributed by atoms with Gasteiger partial charge in [0.15, 0.2) is 6.10 Å². The molecule has 0 spiro atoms. The molecule has 4 heteroatoms. The molecule has 0 heterocycles. The molecule has 0 bridgehead atoms. The van der Waals surface area contributed by atoms with Crippen LogP contribution in [0.2, 0.25) is 5.02 Å². The minimum atomic E-state index is -0.530. The lowest BCUT2D eigenvalue weighted by atomic mass is 10.2. The summed E-state index contributed by atoms with van der Waals surface area (Å²) in [5, 5.41) is 3.55. The summed E-state index contributed by atoms with van der Waals surface area (Å²) in [6.45, 7) is 5.84. The number of rotatable bonds is 5. The Bertz CT molecular complexity index is 653. The largest absolute Gasteiger partial charge is 0.481 e. The smallest absolute Gasteiger partial charge is 0.265 e. The summed E-state index contributed by atoms with van der Waals surface area (Å²) in [4.78, 5) is 12.4. The lowest BCUT2D eigenvalue weighted by Gasteiger charge is -2.18. The summed E-state index contributed by atoms with van der Waals surface area (Å²) >= 11 is 5.93. The number of hydrogen-bond donors (Lipinski definition) is 1. The summed E-state index contributed by atoms with van der Waals surface area (Å²) in [6, 6.07) is 13.0. The molecule has 0 saturated heterocycles. The van der Waals surface area contributed by atoms with E-state index in [1.807, 2.05) is 51.1 Å². The third kappa shape index (κ3) is 4.25. The zero-order chi connectivity index (χ0) is 16.1. The van der Waals surface area contributed by atoms with E-state index in [9.17, 15) is 4.79 Å². The fourth-order valence-corrected chi connectivity index (χ4v) is 2.31. The van der Waals surface area contributed by atoms with Crippen LogP contribution >= 0.6 is 11.6 Å². The average molecular weight is 318 g/mol. The van der Waals surface area contributed by atoms with Gasteiger partial charge in [-0.25, -0.2) is 0 Å². The van der Waals surface area contributed by atoms with Crippen molar-refractivity contribution in [3.8, 4) is 5.75 Å². The van der Waals surface area contributed by atoms with Crippen LogP contribution in [0.15, 0.2) is 42.5 Å². The average Bonchev–Trinajstić information content (AvgIpc) is 2.49. The van der Waals surface area contributed by atoms with Crippen LogP contribution < -0.4 is 10.1 Å². The molecule has 0 radical (unpaired) electrons. The highest BCUT2D eigenvalue weighted by atomic mass is 35.5. The van der Waals surface area contributed by atoms with Crippen LogP contribution in [0.3, 0.4) is 0 Å². The number of nitrogens with one attached hydrogen (secondary N) is 1. The first-order valence-corrected chi connectivity index (χ1v) is 7.67. The van der Waals surface area contributed by atoms with Gasteiger partial charge < -0.3 is 10.1 Å². The van der Waals surface area contributed by atoms with Crippen LogP contribution in [0.25, 0.3) is 0 Å². The van der Waals surface area contributed by atoms with Gasteiger partial charge in [0.25, 0.3) is 5.91 Å². The zero-order valence-electron chi connectivity index (χ0n) is 13.0. The Labute approximate surface area is 136 Å². The number of anilines is 1. The van der Waals surface area contributed by atoms with Gasteiger partial charge in [-0.15, -0.1) is 0 Å². The van der Waals surface area contributed by atoms with Crippen molar-refractivity contribution in [1.82, 2.24) is 0 Å². The molecule has 0 aliphatic carbocycles.